The number of aliphatic carboxylic acids is 1. The Bertz CT molecular complexity index is 733. The maximum Gasteiger partial charge on any atom is 0.312 e. The molecule has 6 nitrogen and oxygen atoms in total. The number of carbonyl (C=O) groups is 2. The number of amides is 1. The van der Waals surface area contributed by atoms with Crippen molar-refractivity contribution in [1.29, 1.82) is 0 Å². The zero-order chi connectivity index (χ0) is 17.4. The SMILES string of the molecule is CC(C)(C)S(=O)(=O)CC(=O)N1Cc2ccccc2C(C(=O)O)C1. The Balaban J connectivity index is 2.26. The molecule has 1 amide bonds. The second kappa shape index (κ2) is 5.96. The maximum atomic E-state index is 12.4. The highest BCUT2D eigenvalue weighted by molar-refractivity contribution is 7.93. The Labute approximate surface area is 136 Å². The summed E-state index contributed by atoms with van der Waals surface area (Å²) in [5, 5.41) is 9.39. The van der Waals surface area contributed by atoms with Crippen LogP contribution in [0.5, 0.6) is 0 Å². The zero-order valence-corrected chi connectivity index (χ0v) is 14.3. The number of hydrogen-bond acceptors (Lipinski definition) is 4. The summed E-state index contributed by atoms with van der Waals surface area (Å²) in [7, 11) is -3.60. The van der Waals surface area contributed by atoms with E-state index in [0.717, 1.165) is 5.56 Å². The molecular formula is C16H21NO5S. The van der Waals surface area contributed by atoms with Crippen molar-refractivity contribution in [2.45, 2.75) is 38.0 Å². The van der Waals surface area contributed by atoms with Crippen LogP contribution >= 0.6 is 0 Å². The predicted molar refractivity (Wildman–Crippen MR) is 85.8 cm³/mol. The molecule has 0 bridgehead atoms. The third-order valence-corrected chi connectivity index (χ3v) is 6.59. The summed E-state index contributed by atoms with van der Waals surface area (Å²) in [6.07, 6.45) is 0. The number of hydrogen-bond donors (Lipinski definition) is 1. The van der Waals surface area contributed by atoms with E-state index in [4.69, 9.17) is 0 Å². The lowest BCUT2D eigenvalue weighted by Gasteiger charge is -2.33. The molecule has 0 saturated carbocycles. The van der Waals surface area contributed by atoms with Crippen molar-refractivity contribution in [3.63, 3.8) is 0 Å². The van der Waals surface area contributed by atoms with Crippen molar-refractivity contribution in [3.8, 4) is 0 Å². The highest BCUT2D eigenvalue weighted by Gasteiger charge is 2.36. The average molecular weight is 339 g/mol. The molecule has 7 heteroatoms. The van der Waals surface area contributed by atoms with Crippen LogP contribution in [0.25, 0.3) is 0 Å². The van der Waals surface area contributed by atoms with Crippen molar-refractivity contribution in [1.82, 2.24) is 4.90 Å². The first-order valence-electron chi connectivity index (χ1n) is 7.33. The molecule has 1 aliphatic heterocycles. The fraction of sp³-hybridized carbons (Fsp3) is 0.500. The smallest absolute Gasteiger partial charge is 0.312 e. The molecule has 0 spiro atoms. The van der Waals surface area contributed by atoms with Gasteiger partial charge >= 0.3 is 5.97 Å². The summed E-state index contributed by atoms with van der Waals surface area (Å²) in [6, 6.07) is 7.04. The van der Waals surface area contributed by atoms with Crippen LogP contribution in [0.15, 0.2) is 24.3 Å². The minimum Gasteiger partial charge on any atom is -0.481 e. The molecule has 1 aromatic carbocycles. The maximum absolute atomic E-state index is 12.4. The molecule has 1 heterocycles. The number of carboxylic acids is 1. The van der Waals surface area contributed by atoms with Crippen LogP contribution in [0.2, 0.25) is 0 Å². The third kappa shape index (κ3) is 3.55. The molecule has 23 heavy (non-hydrogen) atoms. The van der Waals surface area contributed by atoms with Gasteiger partial charge in [-0.05, 0) is 31.9 Å². The minimum atomic E-state index is -3.60. The van der Waals surface area contributed by atoms with Gasteiger partial charge in [0.1, 0.15) is 5.75 Å². The first kappa shape index (κ1) is 17.5. The summed E-state index contributed by atoms with van der Waals surface area (Å²) in [6.45, 7) is 4.85. The molecule has 1 aliphatic rings. The topological polar surface area (TPSA) is 91.8 Å². The Morgan fingerprint density at radius 2 is 1.87 bits per heavy atom. The van der Waals surface area contributed by atoms with Gasteiger partial charge in [-0.25, -0.2) is 8.42 Å². The van der Waals surface area contributed by atoms with E-state index in [9.17, 15) is 23.1 Å². The number of rotatable bonds is 3. The molecule has 1 unspecified atom stereocenters. The predicted octanol–water partition coefficient (Wildman–Crippen LogP) is 1.41. The zero-order valence-electron chi connectivity index (χ0n) is 13.4. The highest BCUT2D eigenvalue weighted by atomic mass is 32.2. The minimum absolute atomic E-state index is 0.00908. The van der Waals surface area contributed by atoms with E-state index in [2.05, 4.69) is 0 Å². The monoisotopic (exact) mass is 339 g/mol. The molecule has 0 saturated heterocycles. The quantitative estimate of drug-likeness (QED) is 0.899. The third-order valence-electron chi connectivity index (χ3n) is 4.09. The Hall–Kier alpha value is -1.89. The van der Waals surface area contributed by atoms with E-state index in [1.165, 1.54) is 4.90 Å². The van der Waals surface area contributed by atoms with Crippen molar-refractivity contribution in [2.24, 2.45) is 0 Å². The Morgan fingerprint density at radius 1 is 1.26 bits per heavy atom. The largest absolute Gasteiger partial charge is 0.481 e. The van der Waals surface area contributed by atoms with E-state index in [-0.39, 0.29) is 13.1 Å². The Morgan fingerprint density at radius 3 is 2.43 bits per heavy atom. The fourth-order valence-corrected chi connectivity index (χ4v) is 3.42. The van der Waals surface area contributed by atoms with E-state index < -0.39 is 38.1 Å². The Kier molecular flexibility index (Phi) is 4.52. The van der Waals surface area contributed by atoms with Crippen LogP contribution in [0.1, 0.15) is 37.8 Å². The summed E-state index contributed by atoms with van der Waals surface area (Å²) < 4.78 is 23.4. The molecule has 1 aromatic rings. The van der Waals surface area contributed by atoms with Crippen molar-refractivity contribution >= 4 is 21.7 Å². The number of sulfone groups is 1. The molecular weight excluding hydrogens is 318 g/mol. The average Bonchev–Trinajstić information content (AvgIpc) is 2.44. The molecule has 0 aromatic heterocycles. The van der Waals surface area contributed by atoms with Gasteiger partial charge < -0.3 is 10.0 Å². The van der Waals surface area contributed by atoms with Gasteiger partial charge in [-0.1, -0.05) is 24.3 Å². The van der Waals surface area contributed by atoms with Crippen molar-refractivity contribution in [3.05, 3.63) is 35.4 Å². The van der Waals surface area contributed by atoms with Crippen LogP contribution in [-0.4, -0.2) is 47.3 Å². The van der Waals surface area contributed by atoms with Gasteiger partial charge in [0.25, 0.3) is 0 Å². The van der Waals surface area contributed by atoms with E-state index in [0.29, 0.717) is 5.56 Å². The standard InChI is InChI=1S/C16H21NO5S/c1-16(2,3)23(21,22)10-14(18)17-8-11-6-4-5-7-12(11)13(9-17)15(19)20/h4-7,13H,8-10H2,1-3H3,(H,19,20). The van der Waals surface area contributed by atoms with Gasteiger partial charge in [-0.3, -0.25) is 9.59 Å². The molecule has 0 aliphatic carbocycles. The summed E-state index contributed by atoms with van der Waals surface area (Å²) in [5.41, 5.74) is 1.43. The molecule has 2 rings (SSSR count). The fourth-order valence-electron chi connectivity index (χ4n) is 2.48. The van der Waals surface area contributed by atoms with Gasteiger partial charge in [0.2, 0.25) is 5.91 Å². The van der Waals surface area contributed by atoms with Crippen LogP contribution < -0.4 is 0 Å². The lowest BCUT2D eigenvalue weighted by molar-refractivity contribution is -0.140. The highest BCUT2D eigenvalue weighted by Crippen LogP contribution is 2.29. The second-order valence-corrected chi connectivity index (χ2v) is 9.48. The number of fused-ring (bicyclic) bond motifs is 1. The normalized spacial score (nSPS) is 18.4. The number of carbonyl (C=O) groups excluding carboxylic acids is 1. The van der Waals surface area contributed by atoms with Gasteiger partial charge in [-0.2, -0.15) is 0 Å². The first-order chi connectivity index (χ1) is 10.5. The van der Waals surface area contributed by atoms with E-state index in [1.54, 1.807) is 45.0 Å². The molecule has 126 valence electrons. The van der Waals surface area contributed by atoms with Crippen molar-refractivity contribution in [2.75, 3.05) is 12.3 Å². The van der Waals surface area contributed by atoms with Crippen LogP contribution in [-0.2, 0) is 26.0 Å². The number of benzene rings is 1. The van der Waals surface area contributed by atoms with Gasteiger partial charge in [0.05, 0.1) is 10.7 Å². The van der Waals surface area contributed by atoms with Gasteiger partial charge in [0.15, 0.2) is 9.84 Å². The summed E-state index contributed by atoms with van der Waals surface area (Å²) in [4.78, 5) is 25.2. The molecule has 0 fully saturated rings. The van der Waals surface area contributed by atoms with Crippen molar-refractivity contribution < 1.29 is 23.1 Å². The van der Waals surface area contributed by atoms with E-state index >= 15 is 0 Å². The molecule has 1 atom stereocenters. The number of nitrogens with zero attached hydrogens (tertiary/aromatic N) is 1. The van der Waals surface area contributed by atoms with Crippen LogP contribution in [0, 0.1) is 0 Å². The number of carboxylic acid groups (broad SMARTS) is 1. The molecule has 0 radical (unpaired) electrons. The summed E-state index contributed by atoms with van der Waals surface area (Å²) >= 11 is 0. The van der Waals surface area contributed by atoms with Crippen LogP contribution in [0.4, 0.5) is 0 Å². The van der Waals surface area contributed by atoms with Gasteiger partial charge in [0, 0.05) is 13.1 Å². The molecule has 1 N–H and O–H groups in total. The summed E-state index contributed by atoms with van der Waals surface area (Å²) in [5.74, 6) is -3.01. The first-order valence-corrected chi connectivity index (χ1v) is 8.99. The second-order valence-electron chi connectivity index (χ2n) is 6.74. The van der Waals surface area contributed by atoms with Crippen LogP contribution in [0.3, 0.4) is 0 Å². The lowest BCUT2D eigenvalue weighted by Crippen LogP contribution is -2.45. The van der Waals surface area contributed by atoms with E-state index in [1.807, 2.05) is 0 Å². The lowest BCUT2D eigenvalue weighted by atomic mass is 9.90. The van der Waals surface area contributed by atoms with Gasteiger partial charge in [-0.15, -0.1) is 0 Å².